The lowest BCUT2D eigenvalue weighted by Gasteiger charge is -2.03. The topological polar surface area (TPSA) is 41.0 Å². The maximum atomic E-state index is 5.92. The lowest BCUT2D eigenvalue weighted by molar-refractivity contribution is 0.495. The number of aromatic amines is 1. The van der Waals surface area contributed by atoms with Gasteiger partial charge in [0.25, 0.3) is 0 Å². The van der Waals surface area contributed by atoms with E-state index < -0.39 is 0 Å². The molecule has 2 heterocycles. The van der Waals surface area contributed by atoms with Crippen molar-refractivity contribution in [2.24, 2.45) is 0 Å². The Balaban J connectivity index is 0.00000196. The summed E-state index contributed by atoms with van der Waals surface area (Å²) in [6, 6.07) is 20.1. The van der Waals surface area contributed by atoms with Crippen molar-refractivity contribution in [2.45, 2.75) is 13.0 Å². The van der Waals surface area contributed by atoms with Gasteiger partial charge in [-0.1, -0.05) is 29.8 Å². The second-order valence-electron chi connectivity index (χ2n) is 6.06. The van der Waals surface area contributed by atoms with Crippen LogP contribution in [-0.2, 0) is 13.0 Å². The third-order valence-corrected chi connectivity index (χ3v) is 4.59. The van der Waals surface area contributed by atoms with E-state index in [9.17, 15) is 0 Å². The number of para-hydroxylation sites is 1. The Morgan fingerprint density at radius 3 is 2.62 bits per heavy atom. The van der Waals surface area contributed by atoms with E-state index in [0.717, 1.165) is 41.6 Å². The molecule has 4 aromatic rings. The smallest absolute Gasteiger partial charge is 0.134 e. The van der Waals surface area contributed by atoms with Crippen molar-refractivity contribution in [3.8, 4) is 11.3 Å². The molecule has 0 aliphatic heterocycles. The van der Waals surface area contributed by atoms with Gasteiger partial charge in [-0.25, -0.2) is 0 Å². The van der Waals surface area contributed by atoms with E-state index in [0.29, 0.717) is 0 Å². The van der Waals surface area contributed by atoms with Crippen molar-refractivity contribution < 1.29 is 4.42 Å². The van der Waals surface area contributed by atoms with Gasteiger partial charge >= 0.3 is 0 Å². The summed E-state index contributed by atoms with van der Waals surface area (Å²) in [4.78, 5) is 3.32. The molecule has 4 rings (SSSR count). The van der Waals surface area contributed by atoms with Gasteiger partial charge in [-0.3, -0.25) is 0 Å². The number of halogens is 2. The largest absolute Gasteiger partial charge is 0.460 e. The van der Waals surface area contributed by atoms with Crippen LogP contribution in [0.1, 0.15) is 11.3 Å². The molecule has 0 unspecified atom stereocenters. The molecule has 0 saturated carbocycles. The maximum Gasteiger partial charge on any atom is 0.134 e. The highest BCUT2D eigenvalue weighted by Crippen LogP contribution is 2.24. The van der Waals surface area contributed by atoms with Crippen LogP contribution in [0.3, 0.4) is 0 Å². The highest BCUT2D eigenvalue weighted by Gasteiger charge is 2.06. The molecule has 2 N–H and O–H groups in total. The highest BCUT2D eigenvalue weighted by atomic mass is 35.5. The number of fused-ring (bicyclic) bond motifs is 1. The van der Waals surface area contributed by atoms with Crippen LogP contribution in [0.25, 0.3) is 22.2 Å². The molecule has 3 nitrogen and oxygen atoms in total. The molecule has 0 atom stereocenters. The van der Waals surface area contributed by atoms with E-state index in [-0.39, 0.29) is 12.4 Å². The van der Waals surface area contributed by atoms with Crippen molar-refractivity contribution in [3.05, 3.63) is 83.2 Å². The minimum atomic E-state index is 0. The first-order chi connectivity index (χ1) is 12.3. The quantitative estimate of drug-likeness (QED) is 0.409. The summed E-state index contributed by atoms with van der Waals surface area (Å²) in [5.74, 6) is 1.80. The molecular weight excluding hydrogens is 367 g/mol. The van der Waals surface area contributed by atoms with Crippen molar-refractivity contribution in [1.29, 1.82) is 0 Å². The number of rotatable bonds is 6. The highest BCUT2D eigenvalue weighted by molar-refractivity contribution is 6.30. The summed E-state index contributed by atoms with van der Waals surface area (Å²) in [5.41, 5.74) is 3.56. The molecule has 134 valence electrons. The van der Waals surface area contributed by atoms with Gasteiger partial charge in [0.1, 0.15) is 11.5 Å². The van der Waals surface area contributed by atoms with Crippen LogP contribution in [0, 0.1) is 0 Å². The van der Waals surface area contributed by atoms with Crippen molar-refractivity contribution >= 4 is 34.9 Å². The van der Waals surface area contributed by atoms with E-state index in [1.807, 2.05) is 36.4 Å². The Bertz CT molecular complexity index is 973. The molecule has 0 amide bonds. The summed E-state index contributed by atoms with van der Waals surface area (Å²) in [6.45, 7) is 1.62. The van der Waals surface area contributed by atoms with Gasteiger partial charge in [0.2, 0.25) is 0 Å². The van der Waals surface area contributed by atoms with Gasteiger partial charge in [-0.05, 0) is 61.0 Å². The Hall–Kier alpha value is -2.20. The zero-order valence-electron chi connectivity index (χ0n) is 14.2. The number of hydrogen-bond donors (Lipinski definition) is 2. The zero-order valence-corrected chi connectivity index (χ0v) is 15.7. The molecule has 0 aliphatic carbocycles. The first-order valence-corrected chi connectivity index (χ1v) is 8.78. The molecule has 26 heavy (non-hydrogen) atoms. The average molecular weight is 387 g/mol. The molecule has 0 spiro atoms. The predicted molar refractivity (Wildman–Crippen MR) is 110 cm³/mol. The SMILES string of the molecule is Cl.Clc1ccc(-c2ccc(CNCCc3c[nH]c4ccccc34)o2)cc1. The molecule has 0 radical (unpaired) electrons. The molecule has 2 aromatic carbocycles. The van der Waals surface area contributed by atoms with Gasteiger partial charge in [0.15, 0.2) is 0 Å². The average Bonchev–Trinajstić information content (AvgIpc) is 3.27. The molecule has 2 aromatic heterocycles. The molecule has 0 saturated heterocycles. The number of hydrogen-bond acceptors (Lipinski definition) is 2. The standard InChI is InChI=1S/C21H19ClN2O.ClH/c22-17-7-5-15(6-8-17)21-10-9-18(25-21)14-23-12-11-16-13-24-20-4-2-1-3-19(16)20;/h1-10,13,23-24H,11-12,14H2;1H. The zero-order chi connectivity index (χ0) is 17.1. The second-order valence-corrected chi connectivity index (χ2v) is 6.50. The summed E-state index contributed by atoms with van der Waals surface area (Å²) < 4.78 is 5.91. The van der Waals surface area contributed by atoms with E-state index >= 15 is 0 Å². The van der Waals surface area contributed by atoms with Gasteiger partial charge in [0.05, 0.1) is 6.54 Å². The van der Waals surface area contributed by atoms with Gasteiger partial charge in [0, 0.05) is 27.7 Å². The van der Waals surface area contributed by atoms with Gasteiger partial charge < -0.3 is 14.7 Å². The predicted octanol–water partition coefficient (Wildman–Crippen LogP) is 5.84. The third-order valence-electron chi connectivity index (χ3n) is 4.34. The van der Waals surface area contributed by atoms with Crippen molar-refractivity contribution in [2.75, 3.05) is 6.54 Å². The number of furan rings is 1. The lowest BCUT2D eigenvalue weighted by Crippen LogP contribution is -2.16. The Labute approximate surface area is 163 Å². The van der Waals surface area contributed by atoms with E-state index in [4.69, 9.17) is 16.0 Å². The van der Waals surface area contributed by atoms with Crippen LogP contribution in [0.5, 0.6) is 0 Å². The van der Waals surface area contributed by atoms with E-state index in [1.165, 1.54) is 16.5 Å². The Kier molecular flexibility index (Phi) is 6.04. The summed E-state index contributed by atoms with van der Waals surface area (Å²) in [5, 5.41) is 5.48. The fraction of sp³-hybridized carbons (Fsp3) is 0.143. The van der Waals surface area contributed by atoms with Crippen molar-refractivity contribution in [3.63, 3.8) is 0 Å². The van der Waals surface area contributed by atoms with Crippen LogP contribution in [-0.4, -0.2) is 11.5 Å². The lowest BCUT2D eigenvalue weighted by atomic mass is 10.1. The van der Waals surface area contributed by atoms with Crippen LogP contribution >= 0.6 is 24.0 Å². The number of benzene rings is 2. The van der Waals surface area contributed by atoms with Crippen LogP contribution in [0.15, 0.2) is 71.3 Å². The van der Waals surface area contributed by atoms with E-state index in [1.54, 1.807) is 0 Å². The van der Waals surface area contributed by atoms with E-state index in [2.05, 4.69) is 40.8 Å². The Morgan fingerprint density at radius 1 is 0.962 bits per heavy atom. The molecule has 0 aliphatic rings. The first-order valence-electron chi connectivity index (χ1n) is 8.40. The number of aromatic nitrogens is 1. The normalized spacial score (nSPS) is 10.8. The van der Waals surface area contributed by atoms with Crippen LogP contribution < -0.4 is 5.32 Å². The third kappa shape index (κ3) is 4.13. The summed E-state index contributed by atoms with van der Waals surface area (Å²) in [7, 11) is 0. The second kappa shape index (κ2) is 8.45. The fourth-order valence-electron chi connectivity index (χ4n) is 3.02. The minimum Gasteiger partial charge on any atom is -0.460 e. The molecule has 0 fully saturated rings. The van der Waals surface area contributed by atoms with Crippen LogP contribution in [0.4, 0.5) is 0 Å². The molecule has 5 heteroatoms. The number of H-pyrrole nitrogens is 1. The number of nitrogens with one attached hydrogen (secondary N) is 2. The summed E-state index contributed by atoms with van der Waals surface area (Å²) in [6.07, 6.45) is 3.08. The Morgan fingerprint density at radius 2 is 1.77 bits per heavy atom. The maximum absolute atomic E-state index is 5.92. The van der Waals surface area contributed by atoms with Crippen LogP contribution in [0.2, 0.25) is 5.02 Å². The molecule has 0 bridgehead atoms. The molecular formula is C21H20Cl2N2O. The first kappa shape index (κ1) is 18.6. The monoisotopic (exact) mass is 386 g/mol. The fourth-order valence-corrected chi connectivity index (χ4v) is 3.14. The van der Waals surface area contributed by atoms with Crippen molar-refractivity contribution in [1.82, 2.24) is 10.3 Å². The van der Waals surface area contributed by atoms with Gasteiger partial charge in [-0.2, -0.15) is 0 Å². The minimum absolute atomic E-state index is 0. The summed E-state index contributed by atoms with van der Waals surface area (Å²) >= 11 is 5.92. The van der Waals surface area contributed by atoms with Gasteiger partial charge in [-0.15, -0.1) is 12.4 Å².